The lowest BCUT2D eigenvalue weighted by Crippen LogP contribution is -2.08. The summed E-state index contributed by atoms with van der Waals surface area (Å²) in [5.74, 6) is -0.996. The summed E-state index contributed by atoms with van der Waals surface area (Å²) >= 11 is 1.34. The van der Waals surface area contributed by atoms with Crippen LogP contribution in [-0.2, 0) is 4.79 Å². The zero-order valence-corrected chi connectivity index (χ0v) is 12.6. The van der Waals surface area contributed by atoms with Crippen LogP contribution >= 0.6 is 11.3 Å². The summed E-state index contributed by atoms with van der Waals surface area (Å²) in [5.41, 5.74) is 3.37. The van der Waals surface area contributed by atoms with Crippen molar-refractivity contribution in [2.75, 3.05) is 6.61 Å². The van der Waals surface area contributed by atoms with E-state index in [1.165, 1.54) is 22.6 Å². The maximum atomic E-state index is 10.2. The van der Waals surface area contributed by atoms with Gasteiger partial charge >= 0.3 is 5.97 Å². The Bertz CT molecular complexity index is 684. The molecule has 2 heterocycles. The molecule has 1 aromatic carbocycles. The first kappa shape index (κ1) is 15.1. The van der Waals surface area contributed by atoms with Gasteiger partial charge in [-0.25, -0.2) is 9.78 Å². The van der Waals surface area contributed by atoms with Crippen molar-refractivity contribution < 1.29 is 14.6 Å². The number of thiazole rings is 1. The Labute approximate surface area is 126 Å². The van der Waals surface area contributed by atoms with Gasteiger partial charge in [-0.05, 0) is 37.6 Å². The molecule has 3 rings (SSSR count). The second kappa shape index (κ2) is 6.90. The van der Waals surface area contributed by atoms with Crippen molar-refractivity contribution in [3.8, 4) is 5.19 Å². The van der Waals surface area contributed by atoms with Crippen molar-refractivity contribution in [2.45, 2.75) is 13.8 Å². The molecule has 0 saturated heterocycles. The number of rotatable bonds is 3. The molecule has 21 heavy (non-hydrogen) atoms. The van der Waals surface area contributed by atoms with Gasteiger partial charge < -0.3 is 14.8 Å². The largest absolute Gasteiger partial charge is 0.479 e. The Morgan fingerprint density at radius 1 is 1.38 bits per heavy atom. The minimum atomic E-state index is -0.996. The maximum absolute atomic E-state index is 10.2. The Hall–Kier alpha value is -2.34. The monoisotopic (exact) mass is 304 g/mol. The van der Waals surface area contributed by atoms with E-state index in [0.29, 0.717) is 5.19 Å². The Balaban J connectivity index is 0.000000194. The van der Waals surface area contributed by atoms with E-state index < -0.39 is 5.97 Å². The first-order chi connectivity index (χ1) is 10.0. The molecule has 3 aromatic rings. The second-order valence-electron chi connectivity index (χ2n) is 4.49. The molecule has 6 heteroatoms. The molecule has 0 amide bonds. The summed E-state index contributed by atoms with van der Waals surface area (Å²) < 4.78 is 5.95. The number of aromatic nitrogens is 2. The number of H-pyrrole nitrogens is 1. The molecule has 110 valence electrons. The third-order valence-corrected chi connectivity index (χ3v) is 3.51. The molecule has 0 aliphatic carbocycles. The summed E-state index contributed by atoms with van der Waals surface area (Å²) in [7, 11) is 0. The average molecular weight is 304 g/mol. The normalized spacial score (nSPS) is 10.0. The molecule has 0 bridgehead atoms. The van der Waals surface area contributed by atoms with Gasteiger partial charge in [0, 0.05) is 11.9 Å². The first-order valence-corrected chi connectivity index (χ1v) is 7.18. The molecule has 0 fully saturated rings. The molecular weight excluding hydrogens is 288 g/mol. The minimum Gasteiger partial charge on any atom is -0.479 e. The van der Waals surface area contributed by atoms with Crippen molar-refractivity contribution in [3.63, 3.8) is 0 Å². The number of carboxylic acid groups (broad SMARTS) is 1. The van der Waals surface area contributed by atoms with Gasteiger partial charge in [-0.15, -0.1) is 0 Å². The highest BCUT2D eigenvalue weighted by atomic mass is 32.1. The highest BCUT2D eigenvalue weighted by molar-refractivity contribution is 7.20. The number of nitrogens with zero attached hydrogens (tertiary/aromatic N) is 1. The van der Waals surface area contributed by atoms with Crippen LogP contribution in [0.3, 0.4) is 0 Å². The van der Waals surface area contributed by atoms with Gasteiger partial charge in [-0.3, -0.25) is 0 Å². The fourth-order valence-electron chi connectivity index (χ4n) is 1.69. The second-order valence-corrected chi connectivity index (χ2v) is 5.48. The number of aryl methyl sites for hydroxylation is 2. The highest BCUT2D eigenvalue weighted by Crippen LogP contribution is 2.26. The van der Waals surface area contributed by atoms with Crippen LogP contribution in [0.4, 0.5) is 0 Å². The Morgan fingerprint density at radius 3 is 2.67 bits per heavy atom. The van der Waals surface area contributed by atoms with Gasteiger partial charge in [0.15, 0.2) is 6.61 Å². The van der Waals surface area contributed by atoms with Gasteiger partial charge in [0.1, 0.15) is 0 Å². The highest BCUT2D eigenvalue weighted by Gasteiger charge is 2.05. The van der Waals surface area contributed by atoms with Crippen molar-refractivity contribution in [2.24, 2.45) is 0 Å². The molecule has 2 aromatic heterocycles. The fourth-order valence-corrected chi connectivity index (χ4v) is 2.50. The Kier molecular flexibility index (Phi) is 4.94. The maximum Gasteiger partial charge on any atom is 0.341 e. The lowest BCUT2D eigenvalue weighted by atomic mass is 10.3. The number of ether oxygens (including phenoxy) is 1. The molecule has 0 radical (unpaired) electrons. The number of aliphatic carboxylic acids is 1. The van der Waals surface area contributed by atoms with Crippen LogP contribution < -0.4 is 4.74 Å². The standard InChI is InChI=1S/C9H7NO3S.C6H9N/c11-8(12)5-13-9-10-6-3-1-2-4-7(6)14-9;1-5-3-6(2)7-4-5/h1-4H,5H2,(H,11,12);3-4,7H,1-2H3. The van der Waals surface area contributed by atoms with E-state index in [1.807, 2.05) is 37.4 Å². The smallest absolute Gasteiger partial charge is 0.341 e. The van der Waals surface area contributed by atoms with Gasteiger partial charge in [0.2, 0.25) is 0 Å². The zero-order valence-electron chi connectivity index (χ0n) is 11.8. The summed E-state index contributed by atoms with van der Waals surface area (Å²) in [6.45, 7) is 3.77. The van der Waals surface area contributed by atoms with E-state index in [2.05, 4.69) is 23.0 Å². The topological polar surface area (TPSA) is 75.2 Å². The van der Waals surface area contributed by atoms with E-state index in [4.69, 9.17) is 9.84 Å². The molecule has 2 N–H and O–H groups in total. The van der Waals surface area contributed by atoms with Gasteiger partial charge in [0.05, 0.1) is 10.2 Å². The third-order valence-electron chi connectivity index (χ3n) is 2.57. The number of benzene rings is 1. The Morgan fingerprint density at radius 2 is 2.14 bits per heavy atom. The predicted octanol–water partition coefficient (Wildman–Crippen LogP) is 3.39. The number of hydrogen-bond donors (Lipinski definition) is 2. The summed E-state index contributed by atoms with van der Waals surface area (Å²) in [6, 6.07) is 9.67. The van der Waals surface area contributed by atoms with E-state index >= 15 is 0 Å². The van der Waals surface area contributed by atoms with Crippen LogP contribution in [0.1, 0.15) is 11.3 Å². The van der Waals surface area contributed by atoms with Crippen LogP contribution in [0, 0.1) is 13.8 Å². The van der Waals surface area contributed by atoms with Crippen LogP contribution in [0.2, 0.25) is 0 Å². The number of carbonyl (C=O) groups is 1. The van der Waals surface area contributed by atoms with Crippen LogP contribution in [0.25, 0.3) is 10.2 Å². The number of nitrogens with one attached hydrogen (secondary N) is 1. The van der Waals surface area contributed by atoms with E-state index in [1.54, 1.807) is 0 Å². The van der Waals surface area contributed by atoms with Crippen molar-refractivity contribution in [3.05, 3.63) is 47.8 Å². The summed E-state index contributed by atoms with van der Waals surface area (Å²) in [6.07, 6.45) is 2.00. The quantitative estimate of drug-likeness (QED) is 0.777. The molecule has 0 unspecified atom stereocenters. The predicted molar refractivity (Wildman–Crippen MR) is 83.0 cm³/mol. The molecule has 0 saturated carbocycles. The number of carboxylic acids is 1. The van der Waals surface area contributed by atoms with E-state index in [-0.39, 0.29) is 6.61 Å². The molecule has 0 spiro atoms. The average Bonchev–Trinajstić information content (AvgIpc) is 3.02. The van der Waals surface area contributed by atoms with Crippen LogP contribution in [0.15, 0.2) is 36.5 Å². The van der Waals surface area contributed by atoms with E-state index in [9.17, 15) is 4.79 Å². The van der Waals surface area contributed by atoms with Crippen LogP contribution in [0.5, 0.6) is 5.19 Å². The number of aromatic amines is 1. The fraction of sp³-hybridized carbons (Fsp3) is 0.200. The van der Waals surface area contributed by atoms with Gasteiger partial charge in [0.25, 0.3) is 5.19 Å². The van der Waals surface area contributed by atoms with E-state index in [0.717, 1.165) is 10.2 Å². The van der Waals surface area contributed by atoms with Gasteiger partial charge in [-0.1, -0.05) is 23.5 Å². The lowest BCUT2D eigenvalue weighted by Gasteiger charge is -1.94. The first-order valence-electron chi connectivity index (χ1n) is 6.36. The zero-order chi connectivity index (χ0) is 15.2. The SMILES string of the molecule is Cc1c[nH]c(C)c1.O=C(O)COc1nc2ccccc2s1. The number of fused-ring (bicyclic) bond motifs is 1. The molecule has 0 aliphatic rings. The molecule has 5 nitrogen and oxygen atoms in total. The number of para-hydroxylation sites is 1. The molecule has 0 atom stereocenters. The van der Waals surface area contributed by atoms with Gasteiger partial charge in [-0.2, -0.15) is 0 Å². The van der Waals surface area contributed by atoms with Crippen molar-refractivity contribution in [1.29, 1.82) is 0 Å². The third kappa shape index (κ3) is 4.61. The van der Waals surface area contributed by atoms with Crippen molar-refractivity contribution >= 4 is 27.5 Å². The van der Waals surface area contributed by atoms with Crippen LogP contribution in [-0.4, -0.2) is 27.7 Å². The minimum absolute atomic E-state index is 0.347. The summed E-state index contributed by atoms with van der Waals surface area (Å²) in [4.78, 5) is 17.4. The lowest BCUT2D eigenvalue weighted by molar-refractivity contribution is -0.139. The van der Waals surface area contributed by atoms with Crippen molar-refractivity contribution in [1.82, 2.24) is 9.97 Å². The number of hydrogen-bond acceptors (Lipinski definition) is 4. The molecular formula is C15H16N2O3S. The molecule has 0 aliphatic heterocycles. The summed E-state index contributed by atoms with van der Waals surface area (Å²) in [5, 5.41) is 8.80.